The fourth-order valence-corrected chi connectivity index (χ4v) is 2.77. The van der Waals surface area contributed by atoms with Gasteiger partial charge in [-0.15, -0.1) is 0 Å². The molecule has 3 aromatic rings. The first-order chi connectivity index (χ1) is 15.2. The number of ether oxygens (including phenoxy) is 1. The van der Waals surface area contributed by atoms with Gasteiger partial charge in [0.25, 0.3) is 11.6 Å². The number of nitro benzene ring substituents is 1. The van der Waals surface area contributed by atoms with Crippen molar-refractivity contribution in [3.8, 4) is 11.5 Å². The predicted octanol–water partition coefficient (Wildman–Crippen LogP) is 3.62. The van der Waals surface area contributed by atoms with Gasteiger partial charge in [0.2, 0.25) is 0 Å². The van der Waals surface area contributed by atoms with E-state index in [1.54, 1.807) is 12.1 Å². The van der Waals surface area contributed by atoms with Gasteiger partial charge in [0.05, 0.1) is 21.7 Å². The molecule has 0 aliphatic carbocycles. The van der Waals surface area contributed by atoms with Crippen LogP contribution < -0.4 is 15.8 Å². The highest BCUT2D eigenvalue weighted by molar-refractivity contribution is 6.06. The van der Waals surface area contributed by atoms with Gasteiger partial charge in [-0.3, -0.25) is 14.9 Å². The summed E-state index contributed by atoms with van der Waals surface area (Å²) in [5, 5.41) is 32.0. The summed E-state index contributed by atoms with van der Waals surface area (Å²) < 4.78 is 5.65. The van der Waals surface area contributed by atoms with Gasteiger partial charge in [0.1, 0.15) is 11.4 Å². The number of para-hydroxylation sites is 2. The van der Waals surface area contributed by atoms with Crippen molar-refractivity contribution in [1.82, 2.24) is 0 Å². The molecule has 0 aliphatic heterocycles. The smallest absolute Gasteiger partial charge is 0.336 e. The van der Waals surface area contributed by atoms with Crippen molar-refractivity contribution in [2.75, 3.05) is 11.1 Å². The maximum atomic E-state index is 12.6. The molecule has 162 valence electrons. The number of nitrogens with two attached hydrogens (primary N) is 1. The minimum absolute atomic E-state index is 0.0142. The van der Waals surface area contributed by atoms with Gasteiger partial charge in [-0.2, -0.15) is 0 Å². The maximum Gasteiger partial charge on any atom is 0.336 e. The molecule has 0 aromatic heterocycles. The van der Waals surface area contributed by atoms with Crippen LogP contribution in [0.3, 0.4) is 0 Å². The Labute approximate surface area is 179 Å². The summed E-state index contributed by atoms with van der Waals surface area (Å²) in [5.41, 5.74) is 4.34. The molecule has 0 radical (unpaired) electrons. The van der Waals surface area contributed by atoms with Crippen LogP contribution in [-0.2, 0) is 0 Å². The number of benzene rings is 3. The monoisotopic (exact) mass is 437 g/mol. The number of hydrogen-bond donors (Lipinski definition) is 4. The van der Waals surface area contributed by atoms with Crippen molar-refractivity contribution >= 4 is 34.9 Å². The van der Waals surface area contributed by atoms with E-state index in [0.29, 0.717) is 0 Å². The molecule has 0 atom stereocenters. The number of nitrogen functional groups attached to an aromatic ring is 1. The van der Waals surface area contributed by atoms with Crippen LogP contribution in [-0.4, -0.2) is 33.0 Å². The molecule has 32 heavy (non-hydrogen) atoms. The third-order valence-electron chi connectivity index (χ3n) is 4.30. The lowest BCUT2D eigenvalue weighted by molar-refractivity contribution is -0.383. The van der Waals surface area contributed by atoms with Crippen LogP contribution in [0.15, 0.2) is 60.7 Å². The molecule has 1 amide bonds. The highest BCUT2D eigenvalue weighted by atomic mass is 16.6. The van der Waals surface area contributed by atoms with E-state index < -0.39 is 39.6 Å². The standard InChI is InChI=1S/C21H15N3O8/c22-15-8-5-11(9-17(15)24(30)31)19(25)23-16-3-1-2-4-18(16)32-12-6-7-13(20(26)27)14(10-12)21(28)29/h1-10H,22H2,(H,23,25)(H,26,27)(H,28,29). The van der Waals surface area contributed by atoms with Crippen LogP contribution >= 0.6 is 0 Å². The van der Waals surface area contributed by atoms with Gasteiger partial charge in [-0.25, -0.2) is 9.59 Å². The lowest BCUT2D eigenvalue weighted by Crippen LogP contribution is -2.13. The van der Waals surface area contributed by atoms with E-state index in [9.17, 15) is 29.6 Å². The largest absolute Gasteiger partial charge is 0.478 e. The van der Waals surface area contributed by atoms with E-state index in [-0.39, 0.29) is 28.4 Å². The normalized spacial score (nSPS) is 10.2. The number of amides is 1. The number of carboxylic acid groups (broad SMARTS) is 2. The predicted molar refractivity (Wildman–Crippen MR) is 112 cm³/mol. The fraction of sp³-hybridized carbons (Fsp3) is 0. The Kier molecular flexibility index (Phi) is 6.01. The number of rotatable bonds is 7. The summed E-state index contributed by atoms with van der Waals surface area (Å²) in [7, 11) is 0. The second-order valence-electron chi connectivity index (χ2n) is 6.40. The van der Waals surface area contributed by atoms with E-state index in [1.165, 1.54) is 30.3 Å². The van der Waals surface area contributed by atoms with Crippen molar-refractivity contribution in [1.29, 1.82) is 0 Å². The Balaban J connectivity index is 1.89. The molecule has 0 spiro atoms. The molecular weight excluding hydrogens is 422 g/mol. The molecule has 0 unspecified atom stereocenters. The third kappa shape index (κ3) is 4.62. The molecule has 0 bridgehead atoms. The van der Waals surface area contributed by atoms with Crippen LogP contribution in [0.1, 0.15) is 31.1 Å². The number of aromatic carboxylic acids is 2. The third-order valence-corrected chi connectivity index (χ3v) is 4.30. The van der Waals surface area contributed by atoms with Gasteiger partial charge < -0.3 is 26.0 Å². The number of nitro groups is 1. The summed E-state index contributed by atoms with van der Waals surface area (Å²) in [6.45, 7) is 0. The fourth-order valence-electron chi connectivity index (χ4n) is 2.77. The lowest BCUT2D eigenvalue weighted by Gasteiger charge is -2.13. The number of hydrogen-bond acceptors (Lipinski definition) is 7. The first-order valence-electron chi connectivity index (χ1n) is 8.90. The zero-order valence-electron chi connectivity index (χ0n) is 16.1. The number of nitrogens with zero attached hydrogens (tertiary/aromatic N) is 1. The zero-order chi connectivity index (χ0) is 23.4. The van der Waals surface area contributed by atoms with Crippen molar-refractivity contribution in [2.24, 2.45) is 0 Å². The van der Waals surface area contributed by atoms with E-state index in [4.69, 9.17) is 15.6 Å². The van der Waals surface area contributed by atoms with Gasteiger partial charge >= 0.3 is 11.9 Å². The van der Waals surface area contributed by atoms with Crippen LogP contribution in [0.5, 0.6) is 11.5 Å². The Morgan fingerprint density at radius 2 is 1.62 bits per heavy atom. The Morgan fingerprint density at radius 1 is 0.938 bits per heavy atom. The molecular formula is C21H15N3O8. The summed E-state index contributed by atoms with van der Waals surface area (Å²) >= 11 is 0. The topological polar surface area (TPSA) is 182 Å². The molecule has 11 nitrogen and oxygen atoms in total. The average Bonchev–Trinajstić information content (AvgIpc) is 2.74. The Bertz CT molecular complexity index is 1260. The van der Waals surface area contributed by atoms with Gasteiger partial charge in [-0.05, 0) is 42.5 Å². The molecule has 11 heteroatoms. The van der Waals surface area contributed by atoms with Crippen LogP contribution in [0.2, 0.25) is 0 Å². The average molecular weight is 437 g/mol. The highest BCUT2D eigenvalue weighted by Crippen LogP contribution is 2.31. The minimum Gasteiger partial charge on any atom is -0.478 e. The van der Waals surface area contributed by atoms with Crippen LogP contribution in [0.25, 0.3) is 0 Å². The lowest BCUT2D eigenvalue weighted by atomic mass is 10.1. The Hall–Kier alpha value is -4.93. The number of nitrogens with one attached hydrogen (secondary N) is 1. The Morgan fingerprint density at radius 3 is 2.28 bits per heavy atom. The number of carbonyl (C=O) groups excluding carboxylic acids is 1. The van der Waals surface area contributed by atoms with Crippen molar-refractivity contribution < 1.29 is 34.3 Å². The molecule has 5 N–H and O–H groups in total. The highest BCUT2D eigenvalue weighted by Gasteiger charge is 2.19. The summed E-state index contributed by atoms with van der Waals surface area (Å²) in [5.74, 6) is -3.36. The molecule has 0 fully saturated rings. The molecule has 3 rings (SSSR count). The minimum atomic E-state index is -1.45. The first kappa shape index (κ1) is 21.8. The van der Waals surface area contributed by atoms with Crippen molar-refractivity contribution in [3.63, 3.8) is 0 Å². The summed E-state index contributed by atoms with van der Waals surface area (Å²) in [4.78, 5) is 45.5. The number of carboxylic acids is 2. The summed E-state index contributed by atoms with van der Waals surface area (Å²) in [6.07, 6.45) is 0. The van der Waals surface area contributed by atoms with E-state index in [2.05, 4.69) is 5.32 Å². The van der Waals surface area contributed by atoms with Crippen LogP contribution in [0.4, 0.5) is 17.1 Å². The van der Waals surface area contributed by atoms with E-state index in [1.807, 2.05) is 0 Å². The van der Waals surface area contributed by atoms with Gasteiger partial charge in [-0.1, -0.05) is 12.1 Å². The van der Waals surface area contributed by atoms with Crippen molar-refractivity contribution in [2.45, 2.75) is 0 Å². The number of anilines is 2. The van der Waals surface area contributed by atoms with Crippen LogP contribution in [0, 0.1) is 10.1 Å². The number of carbonyl (C=O) groups is 3. The quantitative estimate of drug-likeness (QED) is 0.244. The second-order valence-corrected chi connectivity index (χ2v) is 6.40. The molecule has 0 saturated carbocycles. The summed E-state index contributed by atoms with van der Waals surface area (Å²) in [6, 6.07) is 13.2. The van der Waals surface area contributed by atoms with Gasteiger partial charge in [0, 0.05) is 11.6 Å². The first-order valence-corrected chi connectivity index (χ1v) is 8.90. The van der Waals surface area contributed by atoms with Crippen molar-refractivity contribution in [3.05, 3.63) is 87.5 Å². The SMILES string of the molecule is Nc1ccc(C(=O)Nc2ccccc2Oc2ccc(C(=O)O)c(C(=O)O)c2)cc1[N+](=O)[O-]. The van der Waals surface area contributed by atoms with E-state index in [0.717, 1.165) is 18.2 Å². The molecule has 0 saturated heterocycles. The maximum absolute atomic E-state index is 12.6. The second kappa shape index (κ2) is 8.83. The molecule has 0 heterocycles. The van der Waals surface area contributed by atoms with Gasteiger partial charge in [0.15, 0.2) is 5.75 Å². The molecule has 0 aliphatic rings. The van der Waals surface area contributed by atoms with E-state index >= 15 is 0 Å². The zero-order valence-corrected chi connectivity index (χ0v) is 16.1. The molecule has 3 aromatic carbocycles.